The van der Waals surface area contributed by atoms with Crippen molar-refractivity contribution in [3.05, 3.63) is 39.3 Å². The highest BCUT2D eigenvalue weighted by Crippen LogP contribution is 2.22. The van der Waals surface area contributed by atoms with Crippen LogP contribution in [0.3, 0.4) is 0 Å². The molecule has 0 aliphatic heterocycles. The van der Waals surface area contributed by atoms with Crippen LogP contribution in [0.4, 0.5) is 4.79 Å². The normalized spacial score (nSPS) is 10.4. The SMILES string of the molecule is COC(=O)NOCc1c(Cl)cccc1-n1nnn(C)c1=O. The summed E-state index contributed by atoms with van der Waals surface area (Å²) in [4.78, 5) is 27.8. The molecule has 0 aliphatic rings. The Morgan fingerprint density at radius 3 is 2.81 bits per heavy atom. The summed E-state index contributed by atoms with van der Waals surface area (Å²) in [5.74, 6) is 0. The molecule has 1 amide bonds. The fourth-order valence-electron chi connectivity index (χ4n) is 1.56. The number of aromatic nitrogens is 4. The van der Waals surface area contributed by atoms with Gasteiger partial charge < -0.3 is 4.74 Å². The van der Waals surface area contributed by atoms with E-state index < -0.39 is 11.8 Å². The van der Waals surface area contributed by atoms with Gasteiger partial charge in [0.05, 0.1) is 12.8 Å². The maximum atomic E-state index is 11.9. The lowest BCUT2D eigenvalue weighted by molar-refractivity contribution is 0.0250. The minimum atomic E-state index is -0.750. The lowest BCUT2D eigenvalue weighted by atomic mass is 10.2. The van der Waals surface area contributed by atoms with E-state index in [-0.39, 0.29) is 6.61 Å². The predicted octanol–water partition coefficient (Wildman–Crippen LogP) is 0.407. The van der Waals surface area contributed by atoms with Gasteiger partial charge in [0.1, 0.15) is 6.61 Å². The number of benzene rings is 1. The third-order valence-corrected chi connectivity index (χ3v) is 2.96. The second-order valence-electron chi connectivity index (χ2n) is 3.92. The van der Waals surface area contributed by atoms with Crippen LogP contribution in [0.2, 0.25) is 5.02 Å². The molecule has 0 saturated heterocycles. The van der Waals surface area contributed by atoms with Gasteiger partial charge in [0.25, 0.3) is 0 Å². The molecule has 0 saturated carbocycles. The Morgan fingerprint density at radius 1 is 1.43 bits per heavy atom. The molecule has 0 aliphatic carbocycles. The molecule has 1 N–H and O–H groups in total. The van der Waals surface area contributed by atoms with Gasteiger partial charge in [-0.25, -0.2) is 9.59 Å². The molecule has 0 spiro atoms. The summed E-state index contributed by atoms with van der Waals surface area (Å²) >= 11 is 6.09. The van der Waals surface area contributed by atoms with Gasteiger partial charge >= 0.3 is 11.8 Å². The van der Waals surface area contributed by atoms with E-state index >= 15 is 0 Å². The largest absolute Gasteiger partial charge is 0.451 e. The zero-order valence-corrected chi connectivity index (χ0v) is 12.0. The van der Waals surface area contributed by atoms with E-state index in [0.717, 1.165) is 9.36 Å². The number of nitrogens with one attached hydrogen (secondary N) is 1. The van der Waals surface area contributed by atoms with Crippen LogP contribution < -0.4 is 11.2 Å². The maximum absolute atomic E-state index is 11.9. The lowest BCUT2D eigenvalue weighted by Crippen LogP contribution is -2.25. The van der Waals surface area contributed by atoms with Crippen molar-refractivity contribution in [2.45, 2.75) is 6.61 Å². The van der Waals surface area contributed by atoms with Gasteiger partial charge in [0, 0.05) is 17.6 Å². The number of methoxy groups -OCH3 is 1. The van der Waals surface area contributed by atoms with Crippen LogP contribution in [-0.4, -0.2) is 33.0 Å². The second kappa shape index (κ2) is 6.37. The number of ether oxygens (including phenoxy) is 1. The molecule has 2 aromatic rings. The zero-order chi connectivity index (χ0) is 15.4. The first-order valence-corrected chi connectivity index (χ1v) is 6.15. The number of tetrazole rings is 1. The number of hydrogen-bond acceptors (Lipinski definition) is 6. The standard InChI is InChI=1S/C11H12ClN5O4/c1-16-11(19)17(15-14-16)9-5-3-4-8(12)7(9)6-21-13-10(18)20-2/h3-5H,6H2,1-2H3,(H,13,18). The fourth-order valence-corrected chi connectivity index (χ4v) is 1.79. The van der Waals surface area contributed by atoms with E-state index in [0.29, 0.717) is 16.3 Å². The molecule has 2 rings (SSSR count). The van der Waals surface area contributed by atoms with Crippen molar-refractivity contribution in [3.63, 3.8) is 0 Å². The number of nitrogens with zero attached hydrogens (tertiary/aromatic N) is 4. The number of hydroxylamine groups is 1. The Morgan fingerprint density at radius 2 is 2.19 bits per heavy atom. The summed E-state index contributed by atoms with van der Waals surface area (Å²) in [6, 6.07) is 4.93. The van der Waals surface area contributed by atoms with Gasteiger partial charge in [0.2, 0.25) is 0 Å². The molecule has 1 heterocycles. The Kier molecular flexibility index (Phi) is 4.55. The maximum Gasteiger partial charge on any atom is 0.431 e. The quantitative estimate of drug-likeness (QED) is 0.820. The number of hydrogen-bond donors (Lipinski definition) is 1. The average molecular weight is 314 g/mol. The predicted molar refractivity (Wildman–Crippen MR) is 71.9 cm³/mol. The molecular formula is C11H12ClN5O4. The summed E-state index contributed by atoms with van der Waals surface area (Å²) in [6.45, 7) is -0.0763. The lowest BCUT2D eigenvalue weighted by Gasteiger charge is -2.10. The van der Waals surface area contributed by atoms with Gasteiger partial charge in [-0.2, -0.15) is 14.8 Å². The molecule has 0 bridgehead atoms. The molecule has 0 atom stereocenters. The van der Waals surface area contributed by atoms with Crippen LogP contribution in [0.25, 0.3) is 5.69 Å². The first-order valence-electron chi connectivity index (χ1n) is 5.77. The van der Waals surface area contributed by atoms with E-state index in [2.05, 4.69) is 20.6 Å². The third-order valence-electron chi connectivity index (χ3n) is 2.60. The van der Waals surface area contributed by atoms with Crippen LogP contribution in [0.1, 0.15) is 5.56 Å². The highest BCUT2D eigenvalue weighted by molar-refractivity contribution is 6.31. The Balaban J connectivity index is 2.30. The van der Waals surface area contributed by atoms with Crippen molar-refractivity contribution in [2.24, 2.45) is 7.05 Å². The van der Waals surface area contributed by atoms with E-state index in [4.69, 9.17) is 16.4 Å². The van der Waals surface area contributed by atoms with E-state index in [1.54, 1.807) is 18.2 Å². The molecule has 112 valence electrons. The fraction of sp³-hybridized carbons (Fsp3) is 0.273. The Labute approximate surface area is 123 Å². The van der Waals surface area contributed by atoms with Crippen LogP contribution in [0, 0.1) is 0 Å². The van der Waals surface area contributed by atoms with E-state index in [1.165, 1.54) is 14.2 Å². The first-order chi connectivity index (χ1) is 10.0. The van der Waals surface area contributed by atoms with Crippen molar-refractivity contribution in [1.82, 2.24) is 25.3 Å². The summed E-state index contributed by atoms with van der Waals surface area (Å²) in [5, 5.41) is 7.72. The van der Waals surface area contributed by atoms with Gasteiger partial charge in [0.15, 0.2) is 0 Å². The van der Waals surface area contributed by atoms with Crippen molar-refractivity contribution in [2.75, 3.05) is 7.11 Å². The van der Waals surface area contributed by atoms with E-state index in [1.807, 2.05) is 0 Å². The van der Waals surface area contributed by atoms with Gasteiger partial charge in [-0.3, -0.25) is 4.84 Å². The number of rotatable bonds is 4. The van der Waals surface area contributed by atoms with Gasteiger partial charge in [-0.1, -0.05) is 17.7 Å². The average Bonchev–Trinajstić information content (AvgIpc) is 2.80. The molecule has 0 fully saturated rings. The first kappa shape index (κ1) is 15.0. The third kappa shape index (κ3) is 3.20. The molecule has 1 aromatic carbocycles. The second-order valence-corrected chi connectivity index (χ2v) is 4.32. The van der Waals surface area contributed by atoms with Gasteiger partial charge in [-0.05, 0) is 22.6 Å². The summed E-state index contributed by atoms with van der Waals surface area (Å²) in [5.41, 5.74) is 2.51. The van der Waals surface area contributed by atoms with Crippen LogP contribution in [-0.2, 0) is 23.2 Å². The molecule has 0 radical (unpaired) electrons. The summed E-state index contributed by atoms with van der Waals surface area (Å²) < 4.78 is 6.53. The van der Waals surface area contributed by atoms with Crippen LogP contribution in [0.15, 0.2) is 23.0 Å². The number of amides is 1. The molecular weight excluding hydrogens is 302 g/mol. The van der Waals surface area contributed by atoms with Crippen molar-refractivity contribution in [3.8, 4) is 5.69 Å². The molecule has 0 unspecified atom stereocenters. The number of carbonyl (C=O) groups is 1. The Bertz CT molecular complexity index is 711. The number of carbonyl (C=O) groups excluding carboxylic acids is 1. The molecule has 1 aromatic heterocycles. The van der Waals surface area contributed by atoms with Crippen molar-refractivity contribution >= 4 is 17.7 Å². The monoisotopic (exact) mass is 313 g/mol. The van der Waals surface area contributed by atoms with Crippen LogP contribution in [0.5, 0.6) is 0 Å². The van der Waals surface area contributed by atoms with Gasteiger partial charge in [-0.15, -0.1) is 0 Å². The van der Waals surface area contributed by atoms with E-state index in [9.17, 15) is 9.59 Å². The number of aryl methyl sites for hydroxylation is 1. The zero-order valence-electron chi connectivity index (χ0n) is 11.2. The topological polar surface area (TPSA) is 100 Å². The molecule has 9 nitrogen and oxygen atoms in total. The Hall–Kier alpha value is -2.39. The minimum absolute atomic E-state index is 0.0763. The van der Waals surface area contributed by atoms with Crippen LogP contribution >= 0.6 is 11.6 Å². The number of halogens is 1. The molecule has 10 heteroatoms. The molecule has 21 heavy (non-hydrogen) atoms. The smallest absolute Gasteiger partial charge is 0.431 e. The summed E-state index contributed by atoms with van der Waals surface area (Å²) in [6.07, 6.45) is -0.750. The minimum Gasteiger partial charge on any atom is -0.451 e. The summed E-state index contributed by atoms with van der Waals surface area (Å²) in [7, 11) is 2.68. The van der Waals surface area contributed by atoms with Crippen molar-refractivity contribution in [1.29, 1.82) is 0 Å². The highest BCUT2D eigenvalue weighted by atomic mass is 35.5. The highest BCUT2D eigenvalue weighted by Gasteiger charge is 2.14. The van der Waals surface area contributed by atoms with Crippen molar-refractivity contribution < 1.29 is 14.4 Å².